The lowest BCUT2D eigenvalue weighted by Crippen LogP contribution is -2.23. The Labute approximate surface area is 116 Å². The average Bonchev–Trinajstić information content (AvgIpc) is 2.37. The van der Waals surface area contributed by atoms with Crippen LogP contribution in [0.25, 0.3) is 0 Å². The van der Waals surface area contributed by atoms with Crippen LogP contribution in [0.3, 0.4) is 0 Å². The van der Waals surface area contributed by atoms with E-state index in [1.807, 2.05) is 6.07 Å². The summed E-state index contributed by atoms with van der Waals surface area (Å²) in [4.78, 5) is 11.8. The number of benzene rings is 1. The molecule has 0 aliphatic carbocycles. The first-order chi connectivity index (χ1) is 9.45. The number of nitrogens with two attached hydrogens (primary N) is 1. The molecule has 4 nitrogen and oxygen atoms in total. The summed E-state index contributed by atoms with van der Waals surface area (Å²) in [7, 11) is 0. The van der Waals surface area contributed by atoms with Crippen molar-refractivity contribution < 1.29 is 13.9 Å². The highest BCUT2D eigenvalue weighted by Gasteiger charge is 2.33. The van der Waals surface area contributed by atoms with E-state index in [0.29, 0.717) is 16.9 Å². The predicted molar refractivity (Wildman–Crippen MR) is 70.4 cm³/mol. The van der Waals surface area contributed by atoms with Crippen molar-refractivity contribution in [2.75, 3.05) is 0 Å². The van der Waals surface area contributed by atoms with Crippen LogP contribution in [0.1, 0.15) is 25.3 Å². The molecule has 1 aromatic carbocycles. The molecule has 20 heavy (non-hydrogen) atoms. The number of rotatable bonds is 2. The van der Waals surface area contributed by atoms with Crippen molar-refractivity contribution in [2.45, 2.75) is 19.8 Å². The minimum Gasteiger partial charge on any atom is -0.445 e. The highest BCUT2D eigenvalue weighted by atomic mass is 19.1. The van der Waals surface area contributed by atoms with Crippen LogP contribution in [0.4, 0.5) is 4.39 Å². The largest absolute Gasteiger partial charge is 0.445 e. The first-order valence-electron chi connectivity index (χ1n) is 6.00. The molecule has 1 atom stereocenters. The summed E-state index contributed by atoms with van der Waals surface area (Å²) >= 11 is 0. The Balaban J connectivity index is 2.67. The third-order valence-corrected chi connectivity index (χ3v) is 3.17. The molecule has 0 radical (unpaired) electrons. The van der Waals surface area contributed by atoms with Crippen LogP contribution in [0.2, 0.25) is 0 Å². The van der Waals surface area contributed by atoms with Gasteiger partial charge < -0.3 is 10.5 Å². The molecule has 0 bridgehead atoms. The number of ether oxygens (including phenoxy) is 1. The van der Waals surface area contributed by atoms with Gasteiger partial charge in [-0.1, -0.05) is 12.1 Å². The van der Waals surface area contributed by atoms with Crippen molar-refractivity contribution in [2.24, 2.45) is 5.73 Å². The predicted octanol–water partition coefficient (Wildman–Crippen LogP) is 2.50. The quantitative estimate of drug-likeness (QED) is 0.897. The van der Waals surface area contributed by atoms with Crippen LogP contribution in [0.5, 0.6) is 0 Å². The Morgan fingerprint density at radius 1 is 1.50 bits per heavy atom. The number of carbonyl (C=O) groups is 1. The lowest BCUT2D eigenvalue weighted by Gasteiger charge is -2.26. The third-order valence-electron chi connectivity index (χ3n) is 3.17. The molecule has 0 fully saturated rings. The Morgan fingerprint density at radius 3 is 2.75 bits per heavy atom. The maximum absolute atomic E-state index is 13.4. The first kappa shape index (κ1) is 13.8. The molecule has 0 spiro atoms. The van der Waals surface area contributed by atoms with Gasteiger partial charge in [-0.15, -0.1) is 0 Å². The van der Waals surface area contributed by atoms with Crippen molar-refractivity contribution in [1.82, 2.24) is 0 Å². The summed E-state index contributed by atoms with van der Waals surface area (Å²) in [6.45, 7) is 2.98. The van der Waals surface area contributed by atoms with Gasteiger partial charge in [0.2, 0.25) is 5.88 Å². The zero-order valence-corrected chi connectivity index (χ0v) is 11.1. The fourth-order valence-electron chi connectivity index (χ4n) is 2.36. The monoisotopic (exact) mass is 272 g/mol. The van der Waals surface area contributed by atoms with Gasteiger partial charge in [0.15, 0.2) is 5.78 Å². The second kappa shape index (κ2) is 5.17. The third kappa shape index (κ3) is 2.28. The smallest absolute Gasteiger partial charge is 0.205 e. The fraction of sp³-hybridized carbons (Fsp3) is 0.200. The van der Waals surface area contributed by atoms with Gasteiger partial charge >= 0.3 is 0 Å². The van der Waals surface area contributed by atoms with Gasteiger partial charge in [0, 0.05) is 5.57 Å². The molecular weight excluding hydrogens is 259 g/mol. The maximum Gasteiger partial charge on any atom is 0.205 e. The molecular formula is C15H13FN2O2. The van der Waals surface area contributed by atoms with Crippen LogP contribution in [-0.2, 0) is 9.53 Å². The molecule has 1 unspecified atom stereocenters. The zero-order valence-electron chi connectivity index (χ0n) is 11.1. The summed E-state index contributed by atoms with van der Waals surface area (Å²) in [6, 6.07) is 7.71. The standard InChI is InChI=1S/C15H13FN2O2/c1-8(19)13-9(2)20-15(18)12(7-17)14(13)10-4-3-5-11(16)6-10/h3-6,14H,18H2,1-2H3. The summed E-state index contributed by atoms with van der Waals surface area (Å²) in [5.41, 5.74) is 6.64. The van der Waals surface area contributed by atoms with Crippen LogP contribution >= 0.6 is 0 Å². The summed E-state index contributed by atoms with van der Waals surface area (Å²) in [5.74, 6) is -1.09. The van der Waals surface area contributed by atoms with Crippen molar-refractivity contribution in [3.63, 3.8) is 0 Å². The molecule has 2 rings (SSSR count). The van der Waals surface area contributed by atoms with E-state index in [1.165, 1.54) is 25.1 Å². The molecule has 1 aromatic rings. The number of carbonyl (C=O) groups excluding carboxylic acids is 1. The molecule has 5 heteroatoms. The highest BCUT2D eigenvalue weighted by molar-refractivity contribution is 5.96. The lowest BCUT2D eigenvalue weighted by atomic mass is 9.81. The number of hydrogen-bond acceptors (Lipinski definition) is 4. The summed E-state index contributed by atoms with van der Waals surface area (Å²) < 4.78 is 18.7. The van der Waals surface area contributed by atoms with E-state index in [4.69, 9.17) is 10.5 Å². The van der Waals surface area contributed by atoms with E-state index in [0.717, 1.165) is 0 Å². The van der Waals surface area contributed by atoms with Gasteiger partial charge in [-0.3, -0.25) is 4.79 Å². The highest BCUT2D eigenvalue weighted by Crippen LogP contribution is 2.39. The molecule has 1 aliphatic rings. The number of allylic oxidation sites excluding steroid dienone is 3. The van der Waals surface area contributed by atoms with Crippen molar-refractivity contribution >= 4 is 5.78 Å². The number of ketones is 1. The Bertz CT molecular complexity index is 683. The molecule has 102 valence electrons. The maximum atomic E-state index is 13.4. The van der Waals surface area contributed by atoms with Crippen LogP contribution < -0.4 is 5.73 Å². The van der Waals surface area contributed by atoms with E-state index in [1.54, 1.807) is 13.0 Å². The number of halogens is 1. The molecule has 0 aromatic heterocycles. The Hall–Kier alpha value is -2.61. The summed E-state index contributed by atoms with van der Waals surface area (Å²) in [6.07, 6.45) is 0. The number of hydrogen-bond donors (Lipinski definition) is 1. The van der Waals surface area contributed by atoms with Gasteiger partial charge in [0.25, 0.3) is 0 Å². The van der Waals surface area contributed by atoms with Crippen LogP contribution in [0, 0.1) is 17.1 Å². The van der Waals surface area contributed by atoms with Crippen LogP contribution in [-0.4, -0.2) is 5.78 Å². The van der Waals surface area contributed by atoms with Crippen LogP contribution in [0.15, 0.2) is 47.1 Å². The van der Waals surface area contributed by atoms with Gasteiger partial charge in [-0.05, 0) is 31.5 Å². The molecule has 2 N–H and O–H groups in total. The van der Waals surface area contributed by atoms with E-state index in [9.17, 15) is 14.4 Å². The molecule has 1 heterocycles. The first-order valence-corrected chi connectivity index (χ1v) is 6.00. The average molecular weight is 272 g/mol. The molecule has 1 aliphatic heterocycles. The van der Waals surface area contributed by atoms with Gasteiger partial charge in [-0.2, -0.15) is 5.26 Å². The topological polar surface area (TPSA) is 76.1 Å². The van der Waals surface area contributed by atoms with Crippen molar-refractivity contribution in [3.05, 3.63) is 58.4 Å². The lowest BCUT2D eigenvalue weighted by molar-refractivity contribution is -0.114. The molecule has 0 saturated carbocycles. The zero-order chi connectivity index (χ0) is 14.9. The van der Waals surface area contributed by atoms with E-state index in [2.05, 4.69) is 0 Å². The van der Waals surface area contributed by atoms with E-state index in [-0.39, 0.29) is 17.2 Å². The van der Waals surface area contributed by atoms with E-state index >= 15 is 0 Å². The van der Waals surface area contributed by atoms with Gasteiger partial charge in [-0.25, -0.2) is 4.39 Å². The SMILES string of the molecule is CC(=O)C1=C(C)OC(N)=C(C#N)C1c1cccc(F)c1. The second-order valence-electron chi connectivity index (χ2n) is 4.51. The van der Waals surface area contributed by atoms with Crippen molar-refractivity contribution in [3.8, 4) is 6.07 Å². The second-order valence-corrected chi connectivity index (χ2v) is 4.51. The number of Topliss-reactive ketones (excluding diaryl/α,β-unsaturated/α-hetero) is 1. The van der Waals surface area contributed by atoms with Crippen molar-refractivity contribution in [1.29, 1.82) is 5.26 Å². The minimum atomic E-state index is -0.693. The fourth-order valence-corrected chi connectivity index (χ4v) is 2.36. The molecule has 0 amide bonds. The normalized spacial score (nSPS) is 18.6. The molecule has 0 saturated heterocycles. The van der Waals surface area contributed by atoms with E-state index < -0.39 is 11.7 Å². The van der Waals surface area contributed by atoms with Gasteiger partial charge in [0.1, 0.15) is 23.2 Å². The Morgan fingerprint density at radius 2 is 2.20 bits per heavy atom. The summed E-state index contributed by atoms with van der Waals surface area (Å²) in [5, 5.41) is 9.25. The Kier molecular flexibility index (Phi) is 3.57. The van der Waals surface area contributed by atoms with Gasteiger partial charge in [0.05, 0.1) is 5.92 Å². The minimum absolute atomic E-state index is 0.0516. The number of nitrogens with zero attached hydrogens (tertiary/aromatic N) is 1. The number of nitriles is 1.